The van der Waals surface area contributed by atoms with Gasteiger partial charge in [-0.05, 0) is 19.4 Å². The molecule has 2 atom stereocenters. The highest BCUT2D eigenvalue weighted by atomic mass is 19.1. The maximum Gasteiger partial charge on any atom is 0.171 e. The lowest BCUT2D eigenvalue weighted by atomic mass is 9.92. The fourth-order valence-electron chi connectivity index (χ4n) is 2.32. The Bertz CT molecular complexity index is 487. The van der Waals surface area contributed by atoms with Crippen molar-refractivity contribution in [1.29, 1.82) is 0 Å². The first-order valence-electron chi connectivity index (χ1n) is 6.15. The van der Waals surface area contributed by atoms with Gasteiger partial charge in [-0.25, -0.2) is 4.39 Å². The largest absolute Gasteiger partial charge is 0.493 e. The number of methoxy groups -OCH3 is 2. The van der Waals surface area contributed by atoms with Gasteiger partial charge in [0.25, 0.3) is 0 Å². The number of carbonyl (C=O) groups is 1. The Morgan fingerprint density at radius 1 is 1.32 bits per heavy atom. The lowest BCUT2D eigenvalue weighted by Crippen LogP contribution is -2.22. The fraction of sp³-hybridized carbons (Fsp3) is 0.500. The van der Waals surface area contributed by atoms with E-state index in [2.05, 4.69) is 0 Å². The molecule has 0 amide bonds. The van der Waals surface area contributed by atoms with Gasteiger partial charge >= 0.3 is 0 Å². The first-order valence-corrected chi connectivity index (χ1v) is 6.15. The van der Waals surface area contributed by atoms with Gasteiger partial charge in [-0.15, -0.1) is 0 Å². The highest BCUT2D eigenvalue weighted by molar-refractivity contribution is 5.99. The average molecular weight is 268 g/mol. The van der Waals surface area contributed by atoms with E-state index in [1.54, 1.807) is 0 Å². The van der Waals surface area contributed by atoms with E-state index < -0.39 is 5.82 Å². The number of carbonyl (C=O) groups excluding carboxylic acids is 1. The van der Waals surface area contributed by atoms with Gasteiger partial charge in [-0.1, -0.05) is 0 Å². The Labute approximate surface area is 111 Å². The maximum absolute atomic E-state index is 14.0. The van der Waals surface area contributed by atoms with Crippen LogP contribution in [0.3, 0.4) is 0 Å². The van der Waals surface area contributed by atoms with Crippen molar-refractivity contribution in [2.24, 2.45) is 5.92 Å². The summed E-state index contributed by atoms with van der Waals surface area (Å²) in [5, 5.41) is 0. The third-order valence-electron chi connectivity index (χ3n) is 3.45. The van der Waals surface area contributed by atoms with Gasteiger partial charge in [-0.3, -0.25) is 4.79 Å². The second kappa shape index (κ2) is 5.57. The normalized spacial score (nSPS) is 22.3. The molecule has 19 heavy (non-hydrogen) atoms. The first kappa shape index (κ1) is 13.8. The van der Waals surface area contributed by atoms with Gasteiger partial charge < -0.3 is 14.2 Å². The molecule has 1 aromatic carbocycles. The van der Waals surface area contributed by atoms with Crippen molar-refractivity contribution in [3.63, 3.8) is 0 Å². The van der Waals surface area contributed by atoms with Crippen LogP contribution >= 0.6 is 0 Å². The minimum absolute atomic E-state index is 0.0278. The molecule has 4 nitrogen and oxygen atoms in total. The maximum atomic E-state index is 14.0. The summed E-state index contributed by atoms with van der Waals surface area (Å²) in [6, 6.07) is 2.56. The number of Topliss-reactive ketones (excluding diaryl/α,β-unsaturated/α-hetero) is 1. The summed E-state index contributed by atoms with van der Waals surface area (Å²) in [5.74, 6) is -0.524. The molecule has 0 saturated carbocycles. The van der Waals surface area contributed by atoms with Crippen molar-refractivity contribution in [2.45, 2.75) is 19.4 Å². The molecule has 1 fully saturated rings. The van der Waals surface area contributed by atoms with Crippen LogP contribution in [0.15, 0.2) is 12.1 Å². The van der Waals surface area contributed by atoms with Gasteiger partial charge in [0.05, 0.1) is 31.8 Å². The minimum atomic E-state index is -0.596. The zero-order valence-corrected chi connectivity index (χ0v) is 11.2. The van der Waals surface area contributed by atoms with Gasteiger partial charge in [0.2, 0.25) is 0 Å². The van der Waals surface area contributed by atoms with Crippen LogP contribution in [-0.2, 0) is 4.74 Å². The third kappa shape index (κ3) is 2.56. The number of benzene rings is 1. The highest BCUT2D eigenvalue weighted by Crippen LogP contribution is 2.33. The van der Waals surface area contributed by atoms with Crippen molar-refractivity contribution >= 4 is 5.78 Å². The summed E-state index contributed by atoms with van der Waals surface area (Å²) in [5.41, 5.74) is 0.0278. The number of halogens is 1. The number of hydrogen-bond donors (Lipinski definition) is 0. The molecule has 5 heteroatoms. The molecule has 1 aliphatic rings. The predicted octanol–water partition coefficient (Wildman–Crippen LogP) is 2.45. The second-order valence-electron chi connectivity index (χ2n) is 4.52. The molecule has 0 aromatic heterocycles. The molecule has 1 saturated heterocycles. The van der Waals surface area contributed by atoms with Crippen LogP contribution in [0, 0.1) is 11.7 Å². The Morgan fingerprint density at radius 2 is 1.95 bits per heavy atom. The van der Waals surface area contributed by atoms with E-state index >= 15 is 0 Å². The average Bonchev–Trinajstić information content (AvgIpc) is 2.83. The molecule has 104 valence electrons. The molecule has 0 spiro atoms. The van der Waals surface area contributed by atoms with Crippen LogP contribution in [0.25, 0.3) is 0 Å². The summed E-state index contributed by atoms with van der Waals surface area (Å²) in [6.45, 7) is 2.36. The Kier molecular flexibility index (Phi) is 4.04. The van der Waals surface area contributed by atoms with Crippen molar-refractivity contribution in [3.8, 4) is 11.5 Å². The van der Waals surface area contributed by atoms with Crippen LogP contribution in [0.1, 0.15) is 23.7 Å². The lowest BCUT2D eigenvalue weighted by Gasteiger charge is -2.15. The summed E-state index contributed by atoms with van der Waals surface area (Å²) < 4.78 is 29.4. The van der Waals surface area contributed by atoms with Crippen LogP contribution < -0.4 is 9.47 Å². The zero-order chi connectivity index (χ0) is 14.0. The van der Waals surface area contributed by atoms with Crippen molar-refractivity contribution in [2.75, 3.05) is 20.8 Å². The molecule has 1 aromatic rings. The Hall–Kier alpha value is -1.62. The second-order valence-corrected chi connectivity index (χ2v) is 4.52. The molecule has 0 bridgehead atoms. The monoisotopic (exact) mass is 268 g/mol. The van der Waals surface area contributed by atoms with Gasteiger partial charge in [0, 0.05) is 12.7 Å². The molecular weight excluding hydrogens is 251 g/mol. The van der Waals surface area contributed by atoms with Gasteiger partial charge in [0.1, 0.15) is 5.82 Å². The molecule has 2 unspecified atom stereocenters. The Balaban J connectivity index is 2.36. The van der Waals surface area contributed by atoms with E-state index in [4.69, 9.17) is 14.2 Å². The van der Waals surface area contributed by atoms with Crippen LogP contribution in [-0.4, -0.2) is 32.7 Å². The standard InChI is InChI=1S/C14H17FO4/c1-8-9(4-5-19-8)14(16)10-6-12(17-2)13(18-3)7-11(10)15/h6-9H,4-5H2,1-3H3. The fourth-order valence-corrected chi connectivity index (χ4v) is 2.32. The molecular formula is C14H17FO4. The van der Waals surface area contributed by atoms with Crippen molar-refractivity contribution in [1.82, 2.24) is 0 Å². The van der Waals surface area contributed by atoms with E-state index in [9.17, 15) is 9.18 Å². The number of hydrogen-bond acceptors (Lipinski definition) is 4. The predicted molar refractivity (Wildman–Crippen MR) is 67.4 cm³/mol. The topological polar surface area (TPSA) is 44.8 Å². The lowest BCUT2D eigenvalue weighted by molar-refractivity contribution is 0.0760. The Morgan fingerprint density at radius 3 is 2.47 bits per heavy atom. The van der Waals surface area contributed by atoms with E-state index in [-0.39, 0.29) is 29.1 Å². The van der Waals surface area contributed by atoms with E-state index in [0.29, 0.717) is 18.8 Å². The van der Waals surface area contributed by atoms with Crippen LogP contribution in [0.4, 0.5) is 4.39 Å². The van der Waals surface area contributed by atoms with Gasteiger partial charge in [-0.2, -0.15) is 0 Å². The molecule has 1 heterocycles. The third-order valence-corrected chi connectivity index (χ3v) is 3.45. The molecule has 2 rings (SSSR count). The summed E-state index contributed by atoms with van der Waals surface area (Å²) in [7, 11) is 2.87. The molecule has 0 aliphatic carbocycles. The summed E-state index contributed by atoms with van der Waals surface area (Å²) >= 11 is 0. The molecule has 0 N–H and O–H groups in total. The van der Waals surface area contributed by atoms with E-state index in [1.807, 2.05) is 6.92 Å². The zero-order valence-electron chi connectivity index (χ0n) is 11.2. The summed E-state index contributed by atoms with van der Waals surface area (Å²) in [4.78, 5) is 12.3. The number of ketones is 1. The van der Waals surface area contributed by atoms with Crippen molar-refractivity contribution < 1.29 is 23.4 Å². The SMILES string of the molecule is COc1cc(F)c(C(=O)C2CCOC2C)cc1OC. The van der Waals surface area contributed by atoms with E-state index in [1.165, 1.54) is 26.4 Å². The quantitative estimate of drug-likeness (QED) is 0.787. The molecule has 0 radical (unpaired) electrons. The van der Waals surface area contributed by atoms with Crippen molar-refractivity contribution in [3.05, 3.63) is 23.5 Å². The first-order chi connectivity index (χ1) is 9.08. The van der Waals surface area contributed by atoms with Crippen LogP contribution in [0.2, 0.25) is 0 Å². The number of ether oxygens (including phenoxy) is 3. The smallest absolute Gasteiger partial charge is 0.171 e. The number of rotatable bonds is 4. The van der Waals surface area contributed by atoms with E-state index in [0.717, 1.165) is 0 Å². The van der Waals surface area contributed by atoms with Crippen LogP contribution in [0.5, 0.6) is 11.5 Å². The van der Waals surface area contributed by atoms with Gasteiger partial charge in [0.15, 0.2) is 17.3 Å². The molecule has 1 aliphatic heterocycles. The highest BCUT2D eigenvalue weighted by Gasteiger charge is 2.33. The summed E-state index contributed by atoms with van der Waals surface area (Å²) in [6.07, 6.45) is 0.438. The minimum Gasteiger partial charge on any atom is -0.493 e.